The van der Waals surface area contributed by atoms with Crippen molar-refractivity contribution in [2.24, 2.45) is 0 Å². The van der Waals surface area contributed by atoms with Crippen LogP contribution in [0.15, 0.2) is 145 Å². The lowest BCUT2D eigenvalue weighted by atomic mass is 9.86. The molecule has 11 rings (SSSR count). The topological polar surface area (TPSA) is 207 Å². The van der Waals surface area contributed by atoms with Gasteiger partial charge in [0.25, 0.3) is 5.56 Å². The molecule has 18 nitrogen and oxygen atoms in total. The zero-order valence-corrected chi connectivity index (χ0v) is 46.2. The van der Waals surface area contributed by atoms with Crippen LogP contribution in [0.2, 0.25) is 0 Å². The number of nitrogens with zero attached hydrogens (tertiary/aromatic N) is 9. The van der Waals surface area contributed by atoms with Gasteiger partial charge in [0.05, 0.1) is 58.4 Å². The smallest absolute Gasteiger partial charge is 0.415 e. The van der Waals surface area contributed by atoms with Crippen molar-refractivity contribution in [2.75, 3.05) is 19.7 Å². The van der Waals surface area contributed by atoms with E-state index in [1.54, 1.807) is 35.8 Å². The van der Waals surface area contributed by atoms with Gasteiger partial charge in [-0.15, -0.1) is 0 Å². The Labute approximate surface area is 475 Å². The van der Waals surface area contributed by atoms with Crippen molar-refractivity contribution < 1.29 is 33.7 Å². The van der Waals surface area contributed by atoms with Crippen molar-refractivity contribution in [3.63, 3.8) is 0 Å². The molecule has 82 heavy (non-hydrogen) atoms. The van der Waals surface area contributed by atoms with Crippen LogP contribution in [0.1, 0.15) is 102 Å². The van der Waals surface area contributed by atoms with E-state index in [1.165, 1.54) is 4.90 Å². The fourth-order valence-electron chi connectivity index (χ4n) is 11.5. The summed E-state index contributed by atoms with van der Waals surface area (Å²) in [5.74, 6) is 0.0551. The summed E-state index contributed by atoms with van der Waals surface area (Å²) in [6.45, 7) is 8.68. The van der Waals surface area contributed by atoms with Crippen LogP contribution in [0.3, 0.4) is 0 Å². The third-order valence-electron chi connectivity index (χ3n) is 15.6. The number of hydrogen-bond acceptors (Lipinski definition) is 15. The number of ether oxygens (including phenoxy) is 3. The van der Waals surface area contributed by atoms with Crippen LogP contribution in [0, 0.1) is 0 Å². The van der Waals surface area contributed by atoms with E-state index in [1.807, 2.05) is 105 Å². The molecule has 0 bridgehead atoms. The van der Waals surface area contributed by atoms with Gasteiger partial charge in [-0.2, -0.15) is 0 Å². The number of likely N-dealkylation sites (tertiary alicyclic amines) is 1. The van der Waals surface area contributed by atoms with Crippen LogP contribution >= 0.6 is 0 Å². The molecule has 0 radical (unpaired) electrons. The number of fused-ring (bicyclic) bond motifs is 5. The number of rotatable bonds is 22. The number of hydrogen-bond donors (Lipinski definition) is 2. The number of aliphatic hydroxyl groups is 1. The van der Waals surface area contributed by atoms with Crippen molar-refractivity contribution >= 4 is 28.9 Å². The van der Waals surface area contributed by atoms with E-state index >= 15 is 0 Å². The average Bonchev–Trinajstić information content (AvgIpc) is 2.92. The molecule has 3 aliphatic rings. The Bertz CT molecular complexity index is 3460. The number of nitrogens with one attached hydrogen (secondary N) is 1. The molecule has 3 aliphatic heterocycles. The van der Waals surface area contributed by atoms with Crippen molar-refractivity contribution in [3.8, 4) is 22.9 Å². The van der Waals surface area contributed by atoms with Gasteiger partial charge in [-0.05, 0) is 140 Å². The van der Waals surface area contributed by atoms with Gasteiger partial charge >= 0.3 is 12.1 Å². The maximum Gasteiger partial charge on any atom is 0.415 e. The number of esters is 1. The van der Waals surface area contributed by atoms with E-state index in [2.05, 4.69) is 53.3 Å². The van der Waals surface area contributed by atoms with E-state index < -0.39 is 23.7 Å². The molecule has 2 atom stereocenters. The Morgan fingerprint density at radius 1 is 0.732 bits per heavy atom. The minimum Gasteiger partial charge on any atom is -0.494 e. The fourth-order valence-corrected chi connectivity index (χ4v) is 11.5. The van der Waals surface area contributed by atoms with E-state index in [0.717, 1.165) is 56.2 Å². The third kappa shape index (κ3) is 12.3. The second-order valence-electron chi connectivity index (χ2n) is 21.2. The summed E-state index contributed by atoms with van der Waals surface area (Å²) in [4.78, 5) is 83.9. The second kappa shape index (κ2) is 25.0. The summed E-state index contributed by atoms with van der Waals surface area (Å²) in [5.41, 5.74) is 7.81. The van der Waals surface area contributed by atoms with Gasteiger partial charge in [0.15, 0.2) is 5.60 Å². The standard InChI is InChI=1S/C64H66N10O8/c1-3-51-52-33-49(21-22-56(52)70-59-53(51)41-74-58(59)34-55-54(61(74)76)42-81-62(77)64(55,79)4-2)82-63(78)73-28-15-20-57(73)60(75)69-27-13-14-29-80-50-31-43(35-71(37-45-16-5-9-23-65-45)38-46-17-6-10-24-66-46)30-44(32-50)36-72(39-47-18-7-11-25-67-47)40-48-19-8-12-26-68-48/h5-12,16-19,21-26,30-34,57,79H,3-4,13-15,20,27-29,35-42H2,1-2H3,(H,69,75)/t57?,64-/m1/s1. The van der Waals surface area contributed by atoms with Crippen molar-refractivity contribution in [3.05, 3.63) is 207 Å². The zero-order chi connectivity index (χ0) is 56.6. The quantitative estimate of drug-likeness (QED) is 0.0482. The van der Waals surface area contributed by atoms with E-state index in [4.69, 9.17) is 19.2 Å². The van der Waals surface area contributed by atoms with Gasteiger partial charge in [0.2, 0.25) is 5.91 Å². The molecule has 0 aliphatic carbocycles. The monoisotopic (exact) mass is 1100 g/mol. The van der Waals surface area contributed by atoms with E-state index in [9.17, 15) is 24.3 Å². The third-order valence-corrected chi connectivity index (χ3v) is 15.6. The largest absolute Gasteiger partial charge is 0.494 e. The highest BCUT2D eigenvalue weighted by molar-refractivity contribution is 5.91. The van der Waals surface area contributed by atoms with Crippen LogP contribution in [-0.2, 0) is 78.8 Å². The van der Waals surface area contributed by atoms with Crippen LogP contribution in [0.25, 0.3) is 22.3 Å². The lowest BCUT2D eigenvalue weighted by molar-refractivity contribution is -0.172. The summed E-state index contributed by atoms with van der Waals surface area (Å²) in [5, 5.41) is 15.2. The Balaban J connectivity index is 0.733. The van der Waals surface area contributed by atoms with Crippen molar-refractivity contribution in [1.82, 2.24) is 49.5 Å². The summed E-state index contributed by atoms with van der Waals surface area (Å²) in [6, 6.07) is 36.6. The number of carbonyl (C=O) groups is 3. The highest BCUT2D eigenvalue weighted by atomic mass is 16.6. The first-order valence-corrected chi connectivity index (χ1v) is 28.2. The molecule has 2 aromatic carbocycles. The number of amides is 2. The molecular weight excluding hydrogens is 1040 g/mol. The Hall–Kier alpha value is -8.71. The summed E-state index contributed by atoms with van der Waals surface area (Å²) < 4.78 is 19.4. The molecule has 1 fully saturated rings. The van der Waals surface area contributed by atoms with Crippen molar-refractivity contribution in [1.29, 1.82) is 0 Å². The second-order valence-corrected chi connectivity index (χ2v) is 21.2. The molecule has 18 heteroatoms. The van der Waals surface area contributed by atoms with E-state index in [0.29, 0.717) is 114 Å². The van der Waals surface area contributed by atoms with Crippen LogP contribution in [0.5, 0.6) is 11.5 Å². The molecule has 0 spiro atoms. The Morgan fingerprint density at radius 2 is 1.34 bits per heavy atom. The molecule has 1 saturated heterocycles. The predicted octanol–water partition coefficient (Wildman–Crippen LogP) is 8.57. The number of cyclic esters (lactones) is 1. The van der Waals surface area contributed by atoms with Gasteiger partial charge in [-0.25, -0.2) is 14.6 Å². The molecule has 2 N–H and O–H groups in total. The summed E-state index contributed by atoms with van der Waals surface area (Å²) in [7, 11) is 0. The number of aromatic nitrogens is 6. The van der Waals surface area contributed by atoms with Gasteiger partial charge in [-0.3, -0.25) is 44.2 Å². The molecule has 1 unspecified atom stereocenters. The number of pyridine rings is 6. The Morgan fingerprint density at radius 3 is 1.90 bits per heavy atom. The van der Waals surface area contributed by atoms with Crippen molar-refractivity contribution in [2.45, 2.75) is 116 Å². The van der Waals surface area contributed by atoms with Gasteiger partial charge in [0, 0.05) is 93.7 Å². The van der Waals surface area contributed by atoms with Gasteiger partial charge in [0.1, 0.15) is 24.1 Å². The number of carbonyl (C=O) groups excluding carboxylic acids is 3. The summed E-state index contributed by atoms with van der Waals surface area (Å²) >= 11 is 0. The fraction of sp³-hybridized carbons (Fsp3) is 0.328. The molecule has 420 valence electrons. The lowest BCUT2D eigenvalue weighted by Crippen LogP contribution is -2.47. The molecular formula is C64H66N10O8. The molecule has 9 heterocycles. The lowest BCUT2D eigenvalue weighted by Gasteiger charge is -2.31. The number of aryl methyl sites for hydroxylation is 1. The Kier molecular flexibility index (Phi) is 16.8. The van der Waals surface area contributed by atoms with Gasteiger partial charge < -0.3 is 29.2 Å². The van der Waals surface area contributed by atoms with E-state index in [-0.39, 0.29) is 42.2 Å². The molecule has 6 aromatic heterocycles. The first kappa shape index (κ1) is 55.2. The number of benzene rings is 2. The van der Waals surface area contributed by atoms with Crippen LogP contribution in [0.4, 0.5) is 4.79 Å². The highest BCUT2D eigenvalue weighted by Gasteiger charge is 2.45. The molecule has 8 aromatic rings. The normalized spacial score (nSPS) is 16.2. The maximum absolute atomic E-state index is 13.9. The number of unbranched alkanes of at least 4 members (excludes halogenated alkanes) is 1. The SMILES string of the molecule is CCc1c2c(nc3ccc(OC(=O)N4CCCC4C(=O)NCCCCOc4cc(CN(Cc5ccccn5)Cc5ccccn5)cc(CN(Cc5ccccn5)Cc5ccccn5)c4)cc13)-c1cc3c(c(=O)n1C2)COC(=O)[C@@]3(O)CC. The minimum absolute atomic E-state index is 0.0491. The maximum atomic E-state index is 13.9. The summed E-state index contributed by atoms with van der Waals surface area (Å²) in [6.07, 6.45) is 9.81. The predicted molar refractivity (Wildman–Crippen MR) is 307 cm³/mol. The van der Waals surface area contributed by atoms with Crippen LogP contribution in [-0.4, -0.2) is 93.0 Å². The minimum atomic E-state index is -1.93. The molecule has 0 saturated carbocycles. The first-order chi connectivity index (χ1) is 40.0. The highest BCUT2D eigenvalue weighted by Crippen LogP contribution is 2.41. The zero-order valence-electron chi connectivity index (χ0n) is 46.2. The molecule has 2 amide bonds. The average molecular weight is 1100 g/mol. The van der Waals surface area contributed by atoms with Crippen LogP contribution < -0.4 is 20.3 Å². The first-order valence-electron chi connectivity index (χ1n) is 28.2. The van der Waals surface area contributed by atoms with Gasteiger partial charge in [-0.1, -0.05) is 44.2 Å².